The summed E-state index contributed by atoms with van der Waals surface area (Å²) < 4.78 is 23.3. The van der Waals surface area contributed by atoms with Crippen LogP contribution in [0.25, 0.3) is 10.8 Å². The number of hydrogen-bond acceptors (Lipinski definition) is 4. The summed E-state index contributed by atoms with van der Waals surface area (Å²) in [5.74, 6) is 5.00. The molecule has 0 saturated carbocycles. The lowest BCUT2D eigenvalue weighted by atomic mass is 10.1. The van der Waals surface area contributed by atoms with Crippen LogP contribution in [0.2, 0.25) is 0 Å². The summed E-state index contributed by atoms with van der Waals surface area (Å²) in [5.41, 5.74) is 6.30. The van der Waals surface area contributed by atoms with Gasteiger partial charge < -0.3 is 5.73 Å². The summed E-state index contributed by atoms with van der Waals surface area (Å²) in [6.45, 7) is 0. The zero-order valence-corrected chi connectivity index (χ0v) is 9.16. The lowest BCUT2D eigenvalue weighted by Crippen LogP contribution is -2.30. The average molecular weight is 237 g/mol. The summed E-state index contributed by atoms with van der Waals surface area (Å²) >= 11 is 0. The molecule has 16 heavy (non-hydrogen) atoms. The van der Waals surface area contributed by atoms with Crippen molar-refractivity contribution in [3.8, 4) is 0 Å². The number of hydrogen-bond donors (Lipinski definition) is 3. The van der Waals surface area contributed by atoms with Crippen molar-refractivity contribution in [1.29, 1.82) is 0 Å². The first kappa shape index (κ1) is 10.9. The number of nitrogens with one attached hydrogen (secondary N) is 1. The van der Waals surface area contributed by atoms with Crippen molar-refractivity contribution in [2.75, 3.05) is 5.73 Å². The van der Waals surface area contributed by atoms with Crippen LogP contribution >= 0.6 is 0 Å². The number of hydrazine groups is 1. The van der Waals surface area contributed by atoms with Crippen LogP contribution in [-0.4, -0.2) is 8.42 Å². The first-order valence-electron chi connectivity index (χ1n) is 4.56. The average Bonchev–Trinajstić information content (AvgIpc) is 2.29. The smallest absolute Gasteiger partial charge is 0.253 e. The number of rotatable bonds is 2. The van der Waals surface area contributed by atoms with Crippen LogP contribution < -0.4 is 16.4 Å². The van der Waals surface area contributed by atoms with E-state index in [1.54, 1.807) is 35.2 Å². The molecule has 5 nitrogen and oxygen atoms in total. The van der Waals surface area contributed by atoms with E-state index in [-0.39, 0.29) is 4.90 Å². The van der Waals surface area contributed by atoms with Gasteiger partial charge in [-0.05, 0) is 12.1 Å². The van der Waals surface area contributed by atoms with E-state index >= 15 is 0 Å². The Bertz CT molecular complexity index is 638. The Kier molecular flexibility index (Phi) is 2.55. The fraction of sp³-hybridized carbons (Fsp3) is 0. The number of benzene rings is 2. The molecule has 0 atom stereocenters. The van der Waals surface area contributed by atoms with Crippen LogP contribution in [0.1, 0.15) is 0 Å². The van der Waals surface area contributed by atoms with Gasteiger partial charge in [0.25, 0.3) is 10.0 Å². The summed E-state index contributed by atoms with van der Waals surface area (Å²) in [6, 6.07) is 9.98. The predicted octanol–water partition coefficient (Wildman–Crippen LogP) is 0.574. The maximum Gasteiger partial charge on any atom is 0.253 e. The summed E-state index contributed by atoms with van der Waals surface area (Å²) in [6.07, 6.45) is 0. The lowest BCUT2D eigenvalue weighted by Gasteiger charge is -2.08. The van der Waals surface area contributed by atoms with Crippen LogP contribution in [0.4, 0.5) is 5.69 Å². The Hall–Kier alpha value is -1.63. The van der Waals surface area contributed by atoms with Crippen LogP contribution in [-0.2, 0) is 10.0 Å². The number of sulfonamides is 1. The molecule has 0 unspecified atom stereocenters. The topological polar surface area (TPSA) is 98.2 Å². The monoisotopic (exact) mass is 237 g/mol. The van der Waals surface area contributed by atoms with Crippen molar-refractivity contribution >= 4 is 26.5 Å². The molecule has 0 bridgehead atoms. The van der Waals surface area contributed by atoms with Crippen molar-refractivity contribution in [3.05, 3.63) is 36.4 Å². The molecule has 5 N–H and O–H groups in total. The van der Waals surface area contributed by atoms with E-state index in [0.717, 1.165) is 0 Å². The number of nitrogens with two attached hydrogens (primary N) is 2. The van der Waals surface area contributed by atoms with Gasteiger partial charge >= 0.3 is 0 Å². The van der Waals surface area contributed by atoms with Crippen molar-refractivity contribution in [3.63, 3.8) is 0 Å². The second kappa shape index (κ2) is 3.75. The molecule has 0 spiro atoms. The van der Waals surface area contributed by atoms with E-state index in [1.165, 1.54) is 6.07 Å². The third-order valence-electron chi connectivity index (χ3n) is 2.36. The highest BCUT2D eigenvalue weighted by Gasteiger charge is 2.15. The van der Waals surface area contributed by atoms with Gasteiger partial charge in [0, 0.05) is 16.5 Å². The molecular weight excluding hydrogens is 226 g/mol. The molecule has 0 fully saturated rings. The molecule has 0 radical (unpaired) electrons. The first-order valence-corrected chi connectivity index (χ1v) is 6.04. The van der Waals surface area contributed by atoms with E-state index in [9.17, 15) is 8.42 Å². The van der Waals surface area contributed by atoms with Gasteiger partial charge in [-0.3, -0.25) is 5.84 Å². The van der Waals surface area contributed by atoms with Gasteiger partial charge in [0.1, 0.15) is 0 Å². The summed E-state index contributed by atoms with van der Waals surface area (Å²) in [5, 5.41) is 1.25. The maximum atomic E-state index is 11.6. The van der Waals surface area contributed by atoms with E-state index < -0.39 is 10.0 Å². The third kappa shape index (κ3) is 1.63. The largest absolute Gasteiger partial charge is 0.398 e. The summed E-state index contributed by atoms with van der Waals surface area (Å²) in [4.78, 5) is 1.93. The minimum atomic E-state index is -3.67. The molecular formula is C10H11N3O2S. The quantitative estimate of drug-likeness (QED) is 0.404. The van der Waals surface area contributed by atoms with Gasteiger partial charge in [0.05, 0.1) is 4.90 Å². The van der Waals surface area contributed by atoms with Crippen LogP contribution in [0, 0.1) is 0 Å². The van der Waals surface area contributed by atoms with Gasteiger partial charge in [-0.15, -0.1) is 0 Å². The van der Waals surface area contributed by atoms with Gasteiger partial charge in [0.15, 0.2) is 0 Å². The van der Waals surface area contributed by atoms with Crippen molar-refractivity contribution in [2.45, 2.75) is 4.90 Å². The first-order chi connectivity index (χ1) is 7.56. The lowest BCUT2D eigenvalue weighted by molar-refractivity contribution is 0.585. The Balaban J connectivity index is 2.88. The molecule has 0 aliphatic rings. The zero-order valence-electron chi connectivity index (χ0n) is 8.34. The maximum absolute atomic E-state index is 11.6. The minimum Gasteiger partial charge on any atom is -0.398 e. The van der Waals surface area contributed by atoms with E-state index in [0.29, 0.717) is 16.5 Å². The third-order valence-corrected chi connectivity index (χ3v) is 3.61. The van der Waals surface area contributed by atoms with Gasteiger partial charge in [0.2, 0.25) is 0 Å². The highest BCUT2D eigenvalue weighted by atomic mass is 32.2. The fourth-order valence-corrected chi connectivity index (χ4v) is 2.43. The molecule has 0 amide bonds. The molecule has 2 rings (SSSR count). The molecule has 2 aromatic carbocycles. The molecule has 0 saturated heterocycles. The summed E-state index contributed by atoms with van der Waals surface area (Å²) in [7, 11) is -3.67. The van der Waals surface area contributed by atoms with Crippen LogP contribution in [0.5, 0.6) is 0 Å². The number of anilines is 1. The number of nitrogen functional groups attached to an aromatic ring is 1. The van der Waals surface area contributed by atoms with Gasteiger partial charge in [-0.1, -0.05) is 24.3 Å². The molecule has 0 aromatic heterocycles. The molecule has 0 aliphatic carbocycles. The van der Waals surface area contributed by atoms with Crippen molar-refractivity contribution < 1.29 is 8.42 Å². The van der Waals surface area contributed by atoms with Gasteiger partial charge in [-0.25, -0.2) is 8.42 Å². The second-order valence-electron chi connectivity index (χ2n) is 3.32. The molecule has 0 heterocycles. The second-order valence-corrected chi connectivity index (χ2v) is 5.00. The standard InChI is InChI=1S/C10H11N3O2S/c11-9-5-6-10(16(14,15)13-12)8-4-2-1-3-7(8)9/h1-6,13H,11-12H2. The van der Waals surface area contributed by atoms with Gasteiger partial charge in [-0.2, -0.15) is 4.83 Å². The fourth-order valence-electron chi connectivity index (χ4n) is 1.59. The van der Waals surface area contributed by atoms with E-state index in [1.807, 2.05) is 0 Å². The highest BCUT2D eigenvalue weighted by Crippen LogP contribution is 2.27. The Morgan fingerprint density at radius 3 is 2.25 bits per heavy atom. The highest BCUT2D eigenvalue weighted by molar-refractivity contribution is 7.89. The zero-order chi connectivity index (χ0) is 11.8. The Morgan fingerprint density at radius 1 is 1.00 bits per heavy atom. The molecule has 6 heteroatoms. The predicted molar refractivity (Wildman–Crippen MR) is 62.9 cm³/mol. The molecule has 84 valence electrons. The molecule has 2 aromatic rings. The Labute approximate surface area is 93.1 Å². The number of fused-ring (bicyclic) bond motifs is 1. The van der Waals surface area contributed by atoms with Crippen LogP contribution in [0.15, 0.2) is 41.3 Å². The minimum absolute atomic E-state index is 0.125. The molecule has 0 aliphatic heterocycles. The van der Waals surface area contributed by atoms with Crippen molar-refractivity contribution in [2.24, 2.45) is 5.84 Å². The Morgan fingerprint density at radius 2 is 1.62 bits per heavy atom. The van der Waals surface area contributed by atoms with Crippen molar-refractivity contribution in [1.82, 2.24) is 4.83 Å². The normalized spacial score (nSPS) is 11.8. The van der Waals surface area contributed by atoms with E-state index in [4.69, 9.17) is 11.6 Å². The van der Waals surface area contributed by atoms with Crippen LogP contribution in [0.3, 0.4) is 0 Å². The SMILES string of the molecule is NNS(=O)(=O)c1ccc(N)c2ccccc12. The van der Waals surface area contributed by atoms with E-state index in [2.05, 4.69) is 0 Å².